The van der Waals surface area contributed by atoms with Gasteiger partial charge in [-0.15, -0.1) is 11.3 Å². The third-order valence-corrected chi connectivity index (χ3v) is 7.83. The van der Waals surface area contributed by atoms with E-state index in [1.807, 2.05) is 19.2 Å². The van der Waals surface area contributed by atoms with Crippen molar-refractivity contribution in [2.45, 2.75) is 65.8 Å². The molecule has 164 valence electrons. The largest absolute Gasteiger partial charge is 0.367 e. The molecular formula is C24H32N6S. The van der Waals surface area contributed by atoms with Gasteiger partial charge < -0.3 is 10.6 Å². The van der Waals surface area contributed by atoms with Crippen LogP contribution in [0.15, 0.2) is 12.3 Å². The average Bonchev–Trinajstić information content (AvgIpc) is 3.26. The van der Waals surface area contributed by atoms with E-state index in [1.54, 1.807) is 11.3 Å². The molecule has 0 aliphatic heterocycles. The molecule has 2 atom stereocenters. The molecular weight excluding hydrogens is 404 g/mol. The van der Waals surface area contributed by atoms with Crippen LogP contribution in [-0.4, -0.2) is 32.5 Å². The summed E-state index contributed by atoms with van der Waals surface area (Å²) >= 11 is 1.70. The molecule has 0 aromatic carbocycles. The molecule has 0 bridgehead atoms. The Morgan fingerprint density at radius 1 is 1.06 bits per heavy atom. The second-order valence-electron chi connectivity index (χ2n) is 9.60. The lowest BCUT2D eigenvalue weighted by Crippen LogP contribution is -2.19. The normalized spacial score (nSPS) is 21.2. The van der Waals surface area contributed by atoms with E-state index >= 15 is 0 Å². The standard InChI is InChI=1S/C24H32N6S/c1-13(2)17-7-8-18(11-17)28-22-20(14(3)27-24(30-22)26-12-16-5-6-16)23-29-21-15(4)25-10-9-19(21)31-23/h9-10,13,16-18H,5-8,11-12H2,1-4H3,(H2,26,27,28,30). The number of rotatable bonds is 7. The molecule has 0 spiro atoms. The van der Waals surface area contributed by atoms with Gasteiger partial charge in [0.25, 0.3) is 0 Å². The fourth-order valence-corrected chi connectivity index (χ4v) is 5.72. The van der Waals surface area contributed by atoms with Crippen molar-refractivity contribution in [3.05, 3.63) is 23.7 Å². The number of aryl methyl sites for hydroxylation is 2. The minimum Gasteiger partial charge on any atom is -0.367 e. The molecule has 2 saturated carbocycles. The van der Waals surface area contributed by atoms with E-state index in [0.717, 1.165) is 68.2 Å². The molecule has 2 aliphatic rings. The van der Waals surface area contributed by atoms with E-state index in [1.165, 1.54) is 32.1 Å². The summed E-state index contributed by atoms with van der Waals surface area (Å²) in [5.41, 5.74) is 3.94. The Kier molecular flexibility index (Phi) is 5.54. The van der Waals surface area contributed by atoms with Crippen LogP contribution in [0.5, 0.6) is 0 Å². The fraction of sp³-hybridized carbons (Fsp3) is 0.583. The number of pyridine rings is 1. The molecule has 0 radical (unpaired) electrons. The number of fused-ring (bicyclic) bond motifs is 1. The first-order chi connectivity index (χ1) is 15.0. The molecule has 2 N–H and O–H groups in total. The van der Waals surface area contributed by atoms with E-state index in [0.29, 0.717) is 6.04 Å². The van der Waals surface area contributed by atoms with Crippen molar-refractivity contribution in [2.75, 3.05) is 17.2 Å². The van der Waals surface area contributed by atoms with Crippen LogP contribution in [0.25, 0.3) is 20.8 Å². The Bertz CT molecular complexity index is 1090. The number of hydrogen-bond acceptors (Lipinski definition) is 7. The van der Waals surface area contributed by atoms with E-state index in [2.05, 4.69) is 36.4 Å². The minimum atomic E-state index is 0.453. The molecule has 3 heterocycles. The summed E-state index contributed by atoms with van der Waals surface area (Å²) in [6, 6.07) is 2.50. The van der Waals surface area contributed by atoms with Gasteiger partial charge in [-0.2, -0.15) is 4.98 Å². The first-order valence-electron chi connectivity index (χ1n) is 11.6. The highest BCUT2D eigenvalue weighted by Crippen LogP contribution is 2.39. The zero-order chi connectivity index (χ0) is 21.5. The predicted molar refractivity (Wildman–Crippen MR) is 129 cm³/mol. The van der Waals surface area contributed by atoms with Crippen molar-refractivity contribution in [3.63, 3.8) is 0 Å². The van der Waals surface area contributed by atoms with Crippen LogP contribution in [0.3, 0.4) is 0 Å². The van der Waals surface area contributed by atoms with E-state index in [4.69, 9.17) is 15.0 Å². The molecule has 2 fully saturated rings. The highest BCUT2D eigenvalue weighted by Gasteiger charge is 2.29. The predicted octanol–water partition coefficient (Wildman–Crippen LogP) is 5.82. The maximum Gasteiger partial charge on any atom is 0.224 e. The smallest absolute Gasteiger partial charge is 0.224 e. The molecule has 0 saturated heterocycles. The summed E-state index contributed by atoms with van der Waals surface area (Å²) in [6.45, 7) is 9.73. The van der Waals surface area contributed by atoms with Crippen molar-refractivity contribution in [1.82, 2.24) is 19.9 Å². The summed E-state index contributed by atoms with van der Waals surface area (Å²) < 4.78 is 1.16. The highest BCUT2D eigenvalue weighted by molar-refractivity contribution is 7.21. The molecule has 0 amide bonds. The zero-order valence-corrected chi connectivity index (χ0v) is 19.7. The number of anilines is 2. The zero-order valence-electron chi connectivity index (χ0n) is 18.9. The Morgan fingerprint density at radius 2 is 1.90 bits per heavy atom. The first-order valence-corrected chi connectivity index (χ1v) is 12.4. The van der Waals surface area contributed by atoms with Gasteiger partial charge in [0.05, 0.1) is 21.7 Å². The van der Waals surface area contributed by atoms with Gasteiger partial charge in [0.2, 0.25) is 5.95 Å². The van der Waals surface area contributed by atoms with Gasteiger partial charge in [0.1, 0.15) is 16.3 Å². The summed E-state index contributed by atoms with van der Waals surface area (Å²) in [6.07, 6.45) is 8.16. The van der Waals surface area contributed by atoms with E-state index in [-0.39, 0.29) is 0 Å². The maximum absolute atomic E-state index is 4.95. The van der Waals surface area contributed by atoms with Crippen LogP contribution in [-0.2, 0) is 0 Å². The van der Waals surface area contributed by atoms with Crippen LogP contribution in [0, 0.1) is 31.6 Å². The number of nitrogens with zero attached hydrogens (tertiary/aromatic N) is 4. The molecule has 2 aliphatic carbocycles. The SMILES string of the molecule is Cc1nc(NCC2CC2)nc(NC2CCC(C(C)C)C2)c1-c1nc2c(C)nccc2s1. The second kappa shape index (κ2) is 8.34. The molecule has 6 nitrogen and oxygen atoms in total. The number of hydrogen-bond donors (Lipinski definition) is 2. The Balaban J connectivity index is 1.51. The third kappa shape index (κ3) is 4.38. The topological polar surface area (TPSA) is 75.6 Å². The summed E-state index contributed by atoms with van der Waals surface area (Å²) in [5.74, 6) is 3.95. The van der Waals surface area contributed by atoms with Crippen molar-refractivity contribution >= 4 is 33.3 Å². The molecule has 3 aromatic rings. The maximum atomic E-state index is 4.95. The van der Waals surface area contributed by atoms with Gasteiger partial charge in [-0.1, -0.05) is 13.8 Å². The second-order valence-corrected chi connectivity index (χ2v) is 10.6. The summed E-state index contributed by atoms with van der Waals surface area (Å²) in [5, 5.41) is 8.23. The number of nitrogens with one attached hydrogen (secondary N) is 2. The number of aromatic nitrogens is 4. The van der Waals surface area contributed by atoms with Gasteiger partial charge in [-0.25, -0.2) is 9.97 Å². The van der Waals surface area contributed by atoms with Gasteiger partial charge in [-0.05, 0) is 69.8 Å². The number of thiazole rings is 1. The summed E-state index contributed by atoms with van der Waals surface area (Å²) in [7, 11) is 0. The van der Waals surface area contributed by atoms with Gasteiger partial charge >= 0.3 is 0 Å². The van der Waals surface area contributed by atoms with Gasteiger partial charge in [0.15, 0.2) is 0 Å². The lowest BCUT2D eigenvalue weighted by atomic mass is 9.94. The molecule has 3 aromatic heterocycles. The fourth-order valence-electron chi connectivity index (χ4n) is 4.61. The Labute approximate surface area is 188 Å². The van der Waals surface area contributed by atoms with E-state index in [9.17, 15) is 0 Å². The minimum absolute atomic E-state index is 0.453. The average molecular weight is 437 g/mol. The van der Waals surface area contributed by atoms with Crippen molar-refractivity contribution in [2.24, 2.45) is 17.8 Å². The van der Waals surface area contributed by atoms with Crippen LogP contribution < -0.4 is 10.6 Å². The first kappa shape index (κ1) is 20.6. The molecule has 7 heteroatoms. The Morgan fingerprint density at radius 3 is 2.61 bits per heavy atom. The van der Waals surface area contributed by atoms with Crippen LogP contribution in [0.1, 0.15) is 57.3 Å². The monoisotopic (exact) mass is 436 g/mol. The van der Waals surface area contributed by atoms with Crippen LogP contribution in [0.4, 0.5) is 11.8 Å². The van der Waals surface area contributed by atoms with Crippen molar-refractivity contribution in [3.8, 4) is 10.6 Å². The third-order valence-electron chi connectivity index (χ3n) is 6.80. The van der Waals surface area contributed by atoms with Crippen LogP contribution in [0.2, 0.25) is 0 Å². The van der Waals surface area contributed by atoms with Gasteiger partial charge in [0, 0.05) is 18.8 Å². The van der Waals surface area contributed by atoms with Crippen molar-refractivity contribution < 1.29 is 0 Å². The molecule has 5 rings (SSSR count). The summed E-state index contributed by atoms with van der Waals surface area (Å²) in [4.78, 5) is 19.1. The lowest BCUT2D eigenvalue weighted by Gasteiger charge is -2.19. The quantitative estimate of drug-likeness (QED) is 0.486. The Hall–Kier alpha value is -2.28. The lowest BCUT2D eigenvalue weighted by molar-refractivity contribution is 0.393. The van der Waals surface area contributed by atoms with Crippen molar-refractivity contribution in [1.29, 1.82) is 0 Å². The highest BCUT2D eigenvalue weighted by atomic mass is 32.1. The van der Waals surface area contributed by atoms with Gasteiger partial charge in [-0.3, -0.25) is 4.98 Å². The van der Waals surface area contributed by atoms with E-state index < -0.39 is 0 Å². The molecule has 31 heavy (non-hydrogen) atoms. The molecule has 2 unspecified atom stereocenters. The van der Waals surface area contributed by atoms with Crippen LogP contribution >= 0.6 is 11.3 Å².